The van der Waals surface area contributed by atoms with Crippen molar-refractivity contribution in [3.05, 3.63) is 18.1 Å². The molecule has 0 radical (unpaired) electrons. The molecule has 20 heavy (non-hydrogen) atoms. The first-order chi connectivity index (χ1) is 9.38. The zero-order valence-electron chi connectivity index (χ0n) is 11.1. The SMILES string of the molecule is Cc1occc1SCC(=O)N1CCC[C@@H](C(F)(F)F)C1. The molecule has 1 aromatic heterocycles. The van der Waals surface area contributed by atoms with Crippen molar-refractivity contribution in [2.45, 2.75) is 30.8 Å². The molecule has 1 aromatic rings. The fourth-order valence-corrected chi connectivity index (χ4v) is 3.09. The van der Waals surface area contributed by atoms with Gasteiger partial charge in [0, 0.05) is 18.0 Å². The highest BCUT2D eigenvalue weighted by atomic mass is 32.2. The molecular formula is C13H16F3NO2S. The van der Waals surface area contributed by atoms with Crippen molar-refractivity contribution in [3.8, 4) is 0 Å². The van der Waals surface area contributed by atoms with Crippen LogP contribution in [0.15, 0.2) is 21.6 Å². The summed E-state index contributed by atoms with van der Waals surface area (Å²) in [5.74, 6) is -0.773. The van der Waals surface area contributed by atoms with Gasteiger partial charge in [-0.15, -0.1) is 11.8 Å². The minimum Gasteiger partial charge on any atom is -0.468 e. The molecule has 2 heterocycles. The van der Waals surface area contributed by atoms with E-state index in [9.17, 15) is 18.0 Å². The highest BCUT2D eigenvalue weighted by molar-refractivity contribution is 8.00. The zero-order chi connectivity index (χ0) is 14.8. The molecule has 112 valence electrons. The lowest BCUT2D eigenvalue weighted by molar-refractivity contribution is -0.187. The summed E-state index contributed by atoms with van der Waals surface area (Å²) in [6.45, 7) is 1.98. The smallest absolute Gasteiger partial charge is 0.393 e. The van der Waals surface area contributed by atoms with Crippen LogP contribution in [0.1, 0.15) is 18.6 Å². The molecule has 1 amide bonds. The average Bonchev–Trinajstić information content (AvgIpc) is 2.81. The molecule has 0 aromatic carbocycles. The maximum Gasteiger partial charge on any atom is 0.393 e. The van der Waals surface area contributed by atoms with Gasteiger partial charge in [0.25, 0.3) is 0 Å². The Bertz CT molecular complexity index is 472. The van der Waals surface area contributed by atoms with Crippen molar-refractivity contribution < 1.29 is 22.4 Å². The molecule has 0 aliphatic carbocycles. The Hall–Kier alpha value is -1.11. The minimum atomic E-state index is -4.22. The molecule has 1 fully saturated rings. The fourth-order valence-electron chi connectivity index (χ4n) is 2.22. The molecule has 3 nitrogen and oxygen atoms in total. The number of carbonyl (C=O) groups is 1. The van der Waals surface area contributed by atoms with Gasteiger partial charge in [0.05, 0.1) is 17.9 Å². The Labute approximate surface area is 119 Å². The van der Waals surface area contributed by atoms with Gasteiger partial charge in [0.2, 0.25) is 5.91 Å². The molecule has 0 saturated carbocycles. The van der Waals surface area contributed by atoms with Crippen LogP contribution in [0.4, 0.5) is 13.2 Å². The second kappa shape index (κ2) is 6.11. The average molecular weight is 307 g/mol. The van der Waals surface area contributed by atoms with Crippen LogP contribution in [-0.2, 0) is 4.79 Å². The monoisotopic (exact) mass is 307 g/mol. The lowest BCUT2D eigenvalue weighted by Gasteiger charge is -2.33. The van der Waals surface area contributed by atoms with Gasteiger partial charge in [-0.25, -0.2) is 0 Å². The van der Waals surface area contributed by atoms with Gasteiger partial charge < -0.3 is 9.32 Å². The third-order valence-electron chi connectivity index (χ3n) is 3.40. The highest BCUT2D eigenvalue weighted by Crippen LogP contribution is 2.33. The number of rotatable bonds is 3. The molecule has 7 heteroatoms. The van der Waals surface area contributed by atoms with Crippen molar-refractivity contribution in [1.29, 1.82) is 0 Å². The van der Waals surface area contributed by atoms with Crippen LogP contribution >= 0.6 is 11.8 Å². The molecule has 1 atom stereocenters. The summed E-state index contributed by atoms with van der Waals surface area (Å²) in [7, 11) is 0. The number of amides is 1. The number of aryl methyl sites for hydroxylation is 1. The van der Waals surface area contributed by atoms with Crippen molar-refractivity contribution >= 4 is 17.7 Å². The molecule has 0 N–H and O–H groups in total. The molecule has 1 aliphatic heterocycles. The topological polar surface area (TPSA) is 33.5 Å². The van der Waals surface area contributed by atoms with E-state index in [4.69, 9.17) is 4.42 Å². The molecule has 2 rings (SSSR count). The van der Waals surface area contributed by atoms with Crippen molar-refractivity contribution in [2.75, 3.05) is 18.8 Å². The van der Waals surface area contributed by atoms with Gasteiger partial charge in [-0.1, -0.05) is 0 Å². The van der Waals surface area contributed by atoms with E-state index < -0.39 is 12.1 Å². The van der Waals surface area contributed by atoms with Gasteiger partial charge in [0.1, 0.15) is 5.76 Å². The minimum absolute atomic E-state index is 0.112. The standard InChI is InChI=1S/C13H16F3NO2S/c1-9-11(4-6-19-9)20-8-12(18)17-5-2-3-10(7-17)13(14,15)16/h4,6,10H,2-3,5,7-8H2,1H3/t10-/m1/s1. The summed E-state index contributed by atoms with van der Waals surface area (Å²) in [6.07, 6.45) is -2.16. The van der Waals surface area contributed by atoms with Crippen LogP contribution in [0.3, 0.4) is 0 Å². The number of nitrogens with zero attached hydrogens (tertiary/aromatic N) is 1. The second-order valence-electron chi connectivity index (χ2n) is 4.85. The summed E-state index contributed by atoms with van der Waals surface area (Å²) in [5, 5.41) is 0. The molecular weight excluding hydrogens is 291 g/mol. The van der Waals surface area contributed by atoms with Gasteiger partial charge in [-0.2, -0.15) is 13.2 Å². The predicted molar refractivity (Wildman–Crippen MR) is 69.5 cm³/mol. The largest absolute Gasteiger partial charge is 0.468 e. The molecule has 1 aliphatic rings. The predicted octanol–water partition coefficient (Wildman–Crippen LogP) is 3.48. The van der Waals surface area contributed by atoms with Crippen LogP contribution in [0.25, 0.3) is 0 Å². The van der Waals surface area contributed by atoms with Crippen molar-refractivity contribution in [3.63, 3.8) is 0 Å². The number of alkyl halides is 3. The molecule has 0 bridgehead atoms. The van der Waals surface area contributed by atoms with Gasteiger partial charge in [-0.05, 0) is 25.8 Å². The number of thioether (sulfide) groups is 1. The number of piperidine rings is 1. The number of carbonyl (C=O) groups excluding carboxylic acids is 1. The van der Waals surface area contributed by atoms with Crippen LogP contribution in [-0.4, -0.2) is 35.8 Å². The second-order valence-corrected chi connectivity index (χ2v) is 5.87. The Balaban J connectivity index is 1.88. The lowest BCUT2D eigenvalue weighted by Crippen LogP contribution is -2.45. The van der Waals surface area contributed by atoms with Crippen LogP contribution in [0.5, 0.6) is 0 Å². The van der Waals surface area contributed by atoms with Crippen LogP contribution in [0.2, 0.25) is 0 Å². The van der Waals surface area contributed by atoms with Gasteiger partial charge >= 0.3 is 6.18 Å². The van der Waals surface area contributed by atoms with Crippen molar-refractivity contribution in [2.24, 2.45) is 5.92 Å². The Morgan fingerprint density at radius 3 is 2.90 bits per heavy atom. The molecule has 1 saturated heterocycles. The number of halogens is 3. The highest BCUT2D eigenvalue weighted by Gasteiger charge is 2.42. The molecule has 0 spiro atoms. The van der Waals surface area contributed by atoms with Crippen molar-refractivity contribution in [1.82, 2.24) is 4.90 Å². The summed E-state index contributed by atoms with van der Waals surface area (Å²) in [6, 6.07) is 1.75. The van der Waals surface area contributed by atoms with E-state index in [0.29, 0.717) is 13.0 Å². The number of likely N-dealkylation sites (tertiary alicyclic amines) is 1. The summed E-state index contributed by atoms with van der Waals surface area (Å²) in [4.78, 5) is 14.2. The first-order valence-corrected chi connectivity index (χ1v) is 7.38. The van der Waals surface area contributed by atoms with E-state index in [-0.39, 0.29) is 24.6 Å². The number of furan rings is 1. The van der Waals surface area contributed by atoms with Gasteiger partial charge in [0.15, 0.2) is 0 Å². The fraction of sp³-hybridized carbons (Fsp3) is 0.615. The molecule has 0 unspecified atom stereocenters. The van der Waals surface area contributed by atoms with Gasteiger partial charge in [-0.3, -0.25) is 4.79 Å². The van der Waals surface area contributed by atoms with E-state index >= 15 is 0 Å². The third-order valence-corrected chi connectivity index (χ3v) is 4.53. The normalized spacial score (nSPS) is 20.2. The van der Waals surface area contributed by atoms with E-state index in [1.807, 2.05) is 0 Å². The maximum atomic E-state index is 12.7. The first-order valence-electron chi connectivity index (χ1n) is 6.39. The zero-order valence-corrected chi connectivity index (χ0v) is 11.9. The van der Waals surface area contributed by atoms with E-state index in [1.165, 1.54) is 22.9 Å². The lowest BCUT2D eigenvalue weighted by atomic mass is 9.97. The number of hydrogen-bond acceptors (Lipinski definition) is 3. The summed E-state index contributed by atoms with van der Waals surface area (Å²) >= 11 is 1.30. The quantitative estimate of drug-likeness (QED) is 0.802. The Morgan fingerprint density at radius 1 is 1.55 bits per heavy atom. The third kappa shape index (κ3) is 3.71. The van der Waals surface area contributed by atoms with E-state index in [0.717, 1.165) is 10.7 Å². The first kappa shape index (κ1) is 15.3. The maximum absolute atomic E-state index is 12.7. The summed E-state index contributed by atoms with van der Waals surface area (Å²) in [5.41, 5.74) is 0. The summed E-state index contributed by atoms with van der Waals surface area (Å²) < 4.78 is 43.2. The number of hydrogen-bond donors (Lipinski definition) is 0. The van der Waals surface area contributed by atoms with E-state index in [1.54, 1.807) is 13.0 Å². The Kier molecular flexibility index (Phi) is 4.67. The Morgan fingerprint density at radius 2 is 2.30 bits per heavy atom. The van der Waals surface area contributed by atoms with Crippen LogP contribution < -0.4 is 0 Å². The van der Waals surface area contributed by atoms with Crippen LogP contribution in [0, 0.1) is 12.8 Å². The van der Waals surface area contributed by atoms with E-state index in [2.05, 4.69) is 0 Å².